The number of carboxylic acids is 1. The van der Waals surface area contributed by atoms with Crippen LogP contribution < -0.4 is 10.4 Å². The van der Waals surface area contributed by atoms with E-state index in [0.29, 0.717) is 22.2 Å². The lowest BCUT2D eigenvalue weighted by Gasteiger charge is -2.16. The number of aromatic amines is 3. The number of carbonyl (C=O) groups is 1. The van der Waals surface area contributed by atoms with Gasteiger partial charge in [0.2, 0.25) is 10.0 Å². The van der Waals surface area contributed by atoms with Gasteiger partial charge >= 0.3 is 11.7 Å². The maximum absolute atomic E-state index is 12.9. The highest BCUT2D eigenvalue weighted by atomic mass is 32.2. The number of sulfonamides is 1. The zero-order chi connectivity index (χ0) is 20.8. The zero-order valence-electron chi connectivity index (χ0n) is 15.3. The Balaban J connectivity index is 1.68. The van der Waals surface area contributed by atoms with E-state index in [0.717, 1.165) is 10.9 Å². The third kappa shape index (κ3) is 3.55. The van der Waals surface area contributed by atoms with Crippen LogP contribution in [0.4, 0.5) is 0 Å². The van der Waals surface area contributed by atoms with Crippen LogP contribution in [0.3, 0.4) is 0 Å². The highest BCUT2D eigenvalue weighted by molar-refractivity contribution is 7.89. The molecule has 2 aromatic carbocycles. The van der Waals surface area contributed by atoms with Gasteiger partial charge in [-0.1, -0.05) is 18.2 Å². The lowest BCUT2D eigenvalue weighted by Crippen LogP contribution is -2.42. The molecule has 0 aliphatic heterocycles. The number of carboxylic acid groups (broad SMARTS) is 1. The van der Waals surface area contributed by atoms with Crippen LogP contribution in [-0.4, -0.2) is 40.5 Å². The van der Waals surface area contributed by atoms with Crippen LogP contribution in [0.15, 0.2) is 52.3 Å². The highest BCUT2D eigenvalue weighted by Gasteiger charge is 2.28. The van der Waals surface area contributed by atoms with Gasteiger partial charge in [0.25, 0.3) is 0 Å². The molecule has 0 radical (unpaired) electrons. The molecule has 4 aromatic rings. The smallest absolute Gasteiger partial charge is 0.323 e. The number of nitrogens with one attached hydrogen (secondary N) is 4. The number of benzene rings is 2. The molecule has 4 rings (SSSR count). The van der Waals surface area contributed by atoms with Gasteiger partial charge in [0.15, 0.2) is 0 Å². The first-order valence-electron chi connectivity index (χ1n) is 8.77. The Morgan fingerprint density at radius 3 is 2.55 bits per heavy atom. The zero-order valence-corrected chi connectivity index (χ0v) is 16.1. The fourth-order valence-electron chi connectivity index (χ4n) is 3.41. The second kappa shape index (κ2) is 6.90. The van der Waals surface area contributed by atoms with Gasteiger partial charge in [-0.05, 0) is 36.2 Å². The van der Waals surface area contributed by atoms with Crippen LogP contribution in [0.5, 0.6) is 0 Å². The monoisotopic (exact) mass is 414 g/mol. The van der Waals surface area contributed by atoms with E-state index in [1.165, 1.54) is 12.1 Å². The van der Waals surface area contributed by atoms with Gasteiger partial charge in [0.1, 0.15) is 6.04 Å². The molecule has 1 atom stereocenters. The molecule has 150 valence electrons. The van der Waals surface area contributed by atoms with Crippen LogP contribution in [0.2, 0.25) is 0 Å². The van der Waals surface area contributed by atoms with Crippen molar-refractivity contribution in [2.45, 2.75) is 24.3 Å². The Bertz CT molecular complexity index is 1400. The van der Waals surface area contributed by atoms with E-state index in [1.54, 1.807) is 13.1 Å². The Labute approximate surface area is 164 Å². The molecule has 2 aromatic heterocycles. The first-order valence-corrected chi connectivity index (χ1v) is 10.3. The average molecular weight is 414 g/mol. The number of fused-ring (bicyclic) bond motifs is 2. The van der Waals surface area contributed by atoms with Crippen molar-refractivity contribution in [2.24, 2.45) is 0 Å². The number of hydrogen-bond donors (Lipinski definition) is 5. The lowest BCUT2D eigenvalue weighted by atomic mass is 10.1. The van der Waals surface area contributed by atoms with Crippen molar-refractivity contribution in [2.75, 3.05) is 0 Å². The SMILES string of the molecule is Cc1cc2[nH]c(=O)[nH]c2cc1S(=O)(=O)NC(Cc1c[nH]c2ccccc12)C(=O)O. The fraction of sp³-hybridized carbons (Fsp3) is 0.158. The molecule has 29 heavy (non-hydrogen) atoms. The van der Waals surface area contributed by atoms with Crippen molar-refractivity contribution in [1.82, 2.24) is 19.7 Å². The van der Waals surface area contributed by atoms with Crippen molar-refractivity contribution < 1.29 is 18.3 Å². The van der Waals surface area contributed by atoms with Gasteiger partial charge in [-0.2, -0.15) is 4.72 Å². The van der Waals surface area contributed by atoms with E-state index in [2.05, 4.69) is 19.7 Å². The summed E-state index contributed by atoms with van der Waals surface area (Å²) in [6, 6.07) is 8.86. The molecule has 2 heterocycles. The molecule has 0 spiro atoms. The van der Waals surface area contributed by atoms with Crippen LogP contribution in [-0.2, 0) is 21.2 Å². The Hall–Kier alpha value is -3.37. The topological polar surface area (TPSA) is 148 Å². The Kier molecular flexibility index (Phi) is 4.52. The van der Waals surface area contributed by atoms with E-state index in [4.69, 9.17) is 0 Å². The number of aromatic nitrogens is 3. The van der Waals surface area contributed by atoms with Gasteiger partial charge in [-0.15, -0.1) is 0 Å². The molecule has 0 bridgehead atoms. The number of para-hydroxylation sites is 1. The summed E-state index contributed by atoms with van der Waals surface area (Å²) >= 11 is 0. The number of aliphatic carboxylic acids is 1. The van der Waals surface area contributed by atoms with Crippen LogP contribution in [0.1, 0.15) is 11.1 Å². The molecule has 1 unspecified atom stereocenters. The fourth-order valence-corrected chi connectivity index (χ4v) is 4.85. The highest BCUT2D eigenvalue weighted by Crippen LogP contribution is 2.22. The number of H-pyrrole nitrogens is 3. The number of rotatable bonds is 6. The molecule has 0 saturated carbocycles. The maximum atomic E-state index is 12.9. The molecular weight excluding hydrogens is 396 g/mol. The summed E-state index contributed by atoms with van der Waals surface area (Å²) in [5.74, 6) is -1.28. The molecule has 0 aliphatic carbocycles. The maximum Gasteiger partial charge on any atom is 0.323 e. The summed E-state index contributed by atoms with van der Waals surface area (Å²) in [7, 11) is -4.15. The summed E-state index contributed by atoms with van der Waals surface area (Å²) in [5, 5.41) is 10.4. The summed E-state index contributed by atoms with van der Waals surface area (Å²) < 4.78 is 28.1. The van der Waals surface area contributed by atoms with E-state index >= 15 is 0 Å². The third-order valence-electron chi connectivity index (χ3n) is 4.80. The van der Waals surface area contributed by atoms with Gasteiger partial charge in [-0.25, -0.2) is 13.2 Å². The molecule has 0 amide bonds. The Morgan fingerprint density at radius 2 is 1.83 bits per heavy atom. The predicted octanol–water partition coefficient (Wildman–Crippen LogP) is 1.62. The van der Waals surface area contributed by atoms with E-state index < -0.39 is 27.7 Å². The van der Waals surface area contributed by atoms with Gasteiger partial charge in [0, 0.05) is 23.5 Å². The van der Waals surface area contributed by atoms with E-state index in [1.807, 2.05) is 24.3 Å². The van der Waals surface area contributed by atoms with Crippen molar-refractivity contribution in [3.05, 3.63) is 64.2 Å². The van der Waals surface area contributed by atoms with Crippen LogP contribution in [0, 0.1) is 6.92 Å². The first kappa shape index (κ1) is 19.0. The number of aryl methyl sites for hydroxylation is 1. The Morgan fingerprint density at radius 1 is 1.14 bits per heavy atom. The number of imidazole rings is 1. The second-order valence-electron chi connectivity index (χ2n) is 6.82. The molecule has 10 heteroatoms. The minimum Gasteiger partial charge on any atom is -0.480 e. The summed E-state index contributed by atoms with van der Waals surface area (Å²) in [6.45, 7) is 1.58. The van der Waals surface area contributed by atoms with Gasteiger partial charge in [-0.3, -0.25) is 4.79 Å². The van der Waals surface area contributed by atoms with E-state index in [9.17, 15) is 23.1 Å². The third-order valence-corrected chi connectivity index (χ3v) is 6.41. The molecule has 5 N–H and O–H groups in total. The minimum atomic E-state index is -4.15. The summed E-state index contributed by atoms with van der Waals surface area (Å²) in [4.78, 5) is 31.3. The predicted molar refractivity (Wildman–Crippen MR) is 107 cm³/mol. The standard InChI is InChI=1S/C19H18N4O5S/c1-10-6-14-15(22-19(26)21-14)8-17(10)29(27,28)23-16(18(24)25)7-11-9-20-13-5-3-2-4-12(11)13/h2-6,8-9,16,20,23H,7H2,1H3,(H,24,25)(H2,21,22,26). The molecule has 0 saturated heterocycles. The van der Waals surface area contributed by atoms with Crippen LogP contribution in [0.25, 0.3) is 21.9 Å². The number of hydrogen-bond acceptors (Lipinski definition) is 4. The van der Waals surface area contributed by atoms with Gasteiger partial charge in [0.05, 0.1) is 15.9 Å². The van der Waals surface area contributed by atoms with Crippen molar-refractivity contribution in [3.63, 3.8) is 0 Å². The van der Waals surface area contributed by atoms with Gasteiger partial charge < -0.3 is 20.1 Å². The van der Waals surface area contributed by atoms with Crippen molar-refractivity contribution >= 4 is 37.9 Å². The largest absolute Gasteiger partial charge is 0.480 e. The summed E-state index contributed by atoms with van der Waals surface area (Å²) in [5.41, 5.74) is 2.26. The van der Waals surface area contributed by atoms with Crippen molar-refractivity contribution in [1.29, 1.82) is 0 Å². The van der Waals surface area contributed by atoms with Crippen molar-refractivity contribution in [3.8, 4) is 0 Å². The summed E-state index contributed by atoms with van der Waals surface area (Å²) in [6.07, 6.45) is 1.65. The van der Waals surface area contributed by atoms with Crippen LogP contribution >= 0.6 is 0 Å². The minimum absolute atomic E-state index is 0.0269. The molecular formula is C19H18N4O5S. The molecule has 0 fully saturated rings. The normalized spacial score (nSPS) is 13.1. The van der Waals surface area contributed by atoms with E-state index in [-0.39, 0.29) is 11.3 Å². The quantitative estimate of drug-likeness (QED) is 0.325. The molecule has 9 nitrogen and oxygen atoms in total. The second-order valence-corrected chi connectivity index (χ2v) is 8.50. The average Bonchev–Trinajstić information content (AvgIpc) is 3.22. The first-order chi connectivity index (χ1) is 13.7. The lowest BCUT2D eigenvalue weighted by molar-refractivity contribution is -0.138. The molecule has 0 aliphatic rings.